The van der Waals surface area contributed by atoms with Crippen LogP contribution in [-0.4, -0.2) is 112 Å². The lowest BCUT2D eigenvalue weighted by molar-refractivity contribution is -0.111. The van der Waals surface area contributed by atoms with Crippen LogP contribution in [0.5, 0.6) is 5.75 Å². The van der Waals surface area contributed by atoms with E-state index in [1.165, 1.54) is 0 Å². The summed E-state index contributed by atoms with van der Waals surface area (Å²) in [5, 5.41) is 13.9. The highest BCUT2D eigenvalue weighted by molar-refractivity contribution is 9.10. The van der Waals surface area contributed by atoms with Gasteiger partial charge in [-0.3, -0.25) is 9.69 Å². The molecule has 2 aliphatic rings. The lowest BCUT2D eigenvalue weighted by Gasteiger charge is -2.41. The molecule has 3 heterocycles. The summed E-state index contributed by atoms with van der Waals surface area (Å²) in [7, 11) is 3.00. The molecule has 0 atom stereocenters. The largest absolute Gasteiger partial charge is 0.494 e. The van der Waals surface area contributed by atoms with Crippen LogP contribution < -0.4 is 36.2 Å². The van der Waals surface area contributed by atoms with Gasteiger partial charge >= 0.3 is 0 Å². The average molecular weight is 741 g/mol. The second-order valence-corrected chi connectivity index (χ2v) is 16.8. The van der Waals surface area contributed by atoms with E-state index in [0.29, 0.717) is 51.6 Å². The molecule has 0 radical (unpaired) electrons. The Bertz CT molecular complexity index is 1650. The normalized spacial score (nSPS) is 16.4. The van der Waals surface area contributed by atoms with Gasteiger partial charge in [0.05, 0.1) is 34.3 Å². The number of rotatable bonds is 12. The summed E-state index contributed by atoms with van der Waals surface area (Å²) in [6.07, 6.45) is 7.16. The molecule has 0 spiro atoms. The molecule has 0 unspecified atom stereocenters. The van der Waals surface area contributed by atoms with Crippen LogP contribution in [0.2, 0.25) is 0 Å². The number of aromatic nitrogens is 2. The first kappa shape index (κ1) is 35.8. The number of halogens is 1. The molecule has 2 fully saturated rings. The predicted molar refractivity (Wildman–Crippen MR) is 201 cm³/mol. The molecule has 4 N–H and O–H groups in total. The molecule has 2 saturated heterocycles. The molecule has 48 heavy (non-hydrogen) atoms. The van der Waals surface area contributed by atoms with Crippen LogP contribution in [0, 0.1) is 0 Å². The van der Waals surface area contributed by atoms with Crippen molar-refractivity contribution in [3.8, 4) is 5.75 Å². The van der Waals surface area contributed by atoms with Crippen LogP contribution in [0.25, 0.3) is 0 Å². The quantitative estimate of drug-likeness (QED) is 0.150. The highest BCUT2D eigenvalue weighted by Gasteiger charge is 2.28. The Morgan fingerprint density at radius 1 is 1.08 bits per heavy atom. The van der Waals surface area contributed by atoms with Gasteiger partial charge in [0.2, 0.25) is 11.9 Å². The third-order valence-electron chi connectivity index (χ3n) is 8.52. The van der Waals surface area contributed by atoms with Gasteiger partial charge in [-0.05, 0) is 74.4 Å². The van der Waals surface area contributed by atoms with Gasteiger partial charge in [-0.2, -0.15) is 4.98 Å². The summed E-state index contributed by atoms with van der Waals surface area (Å²) < 4.78 is 19.5. The SMILES string of the molecule is COc1cc(N2CCC(N3CCNCC3)CC2)c(NC(=O)/C=C/CN(C)C)cc1Nc1ncc(Br)c(Nc2ccccc2P(C)(C)=O)n1. The number of para-hydroxylation sites is 1. The summed E-state index contributed by atoms with van der Waals surface area (Å²) in [6.45, 7) is 10.1. The minimum Gasteiger partial charge on any atom is -0.494 e. The molecule has 258 valence electrons. The third kappa shape index (κ3) is 9.35. The predicted octanol–water partition coefficient (Wildman–Crippen LogP) is 4.91. The number of carbonyl (C=O) groups is 1. The van der Waals surface area contributed by atoms with Crippen molar-refractivity contribution < 1.29 is 14.1 Å². The minimum atomic E-state index is -2.55. The zero-order chi connectivity index (χ0) is 34.3. The van der Waals surface area contributed by atoms with Gasteiger partial charge in [-0.25, -0.2) is 4.98 Å². The van der Waals surface area contributed by atoms with E-state index >= 15 is 0 Å². The fourth-order valence-corrected chi connectivity index (χ4v) is 7.52. The third-order valence-corrected chi connectivity index (χ3v) is 10.6. The molecule has 14 heteroatoms. The van der Waals surface area contributed by atoms with Crippen LogP contribution in [0.15, 0.2) is 59.2 Å². The number of likely N-dealkylation sites (N-methyl/N-ethyl adjacent to an activating group) is 1. The van der Waals surface area contributed by atoms with Gasteiger partial charge < -0.3 is 40.4 Å². The fourth-order valence-electron chi connectivity index (χ4n) is 6.07. The molecular weight excluding hydrogens is 693 g/mol. The molecule has 2 aromatic carbocycles. The summed E-state index contributed by atoms with van der Waals surface area (Å²) in [4.78, 5) is 29.3. The first-order valence-electron chi connectivity index (χ1n) is 16.3. The number of ether oxygens (including phenoxy) is 1. The van der Waals surface area contributed by atoms with Gasteiger partial charge in [0.25, 0.3) is 0 Å². The number of anilines is 6. The zero-order valence-corrected chi connectivity index (χ0v) is 30.9. The van der Waals surface area contributed by atoms with Crippen molar-refractivity contribution in [3.05, 3.63) is 59.2 Å². The Morgan fingerprint density at radius 2 is 1.81 bits per heavy atom. The maximum absolute atomic E-state index is 13.1. The van der Waals surface area contributed by atoms with E-state index in [1.54, 1.807) is 32.7 Å². The van der Waals surface area contributed by atoms with Crippen molar-refractivity contribution in [3.63, 3.8) is 0 Å². The zero-order valence-electron chi connectivity index (χ0n) is 28.4. The molecule has 3 aromatic rings. The van der Waals surface area contributed by atoms with Crippen molar-refractivity contribution in [2.75, 3.05) is 101 Å². The van der Waals surface area contributed by atoms with Crippen molar-refractivity contribution in [2.45, 2.75) is 18.9 Å². The number of piperazine rings is 1. The summed E-state index contributed by atoms with van der Waals surface area (Å²) >= 11 is 3.55. The minimum absolute atomic E-state index is 0.209. The van der Waals surface area contributed by atoms with E-state index in [-0.39, 0.29) is 5.91 Å². The van der Waals surface area contributed by atoms with Crippen molar-refractivity contribution in [1.29, 1.82) is 0 Å². The molecule has 0 aliphatic carbocycles. The number of hydrogen-bond donors (Lipinski definition) is 4. The van der Waals surface area contributed by atoms with E-state index in [1.807, 2.05) is 61.5 Å². The number of amides is 1. The van der Waals surface area contributed by atoms with Crippen molar-refractivity contribution in [2.24, 2.45) is 0 Å². The number of benzene rings is 2. The van der Waals surface area contributed by atoms with Crippen molar-refractivity contribution in [1.82, 2.24) is 25.1 Å². The van der Waals surface area contributed by atoms with Crippen LogP contribution in [-0.2, 0) is 9.36 Å². The topological polar surface area (TPSA) is 127 Å². The fraction of sp³-hybridized carbons (Fsp3) is 0.441. The van der Waals surface area contributed by atoms with E-state index < -0.39 is 7.14 Å². The van der Waals surface area contributed by atoms with Crippen LogP contribution >= 0.6 is 23.1 Å². The maximum atomic E-state index is 13.1. The monoisotopic (exact) mass is 739 g/mol. The Hall–Kier alpha value is -3.48. The number of nitrogens with one attached hydrogen (secondary N) is 4. The van der Waals surface area contributed by atoms with E-state index in [4.69, 9.17) is 9.72 Å². The molecule has 12 nitrogen and oxygen atoms in total. The Balaban J connectivity index is 1.42. The molecule has 1 amide bonds. The first-order valence-corrected chi connectivity index (χ1v) is 19.7. The Morgan fingerprint density at radius 3 is 2.50 bits per heavy atom. The van der Waals surface area contributed by atoms with Crippen LogP contribution in [0.3, 0.4) is 0 Å². The lowest BCUT2D eigenvalue weighted by Crippen LogP contribution is -2.52. The molecule has 0 saturated carbocycles. The van der Waals surface area contributed by atoms with E-state index in [2.05, 4.69) is 52.0 Å². The summed E-state index contributed by atoms with van der Waals surface area (Å²) in [6, 6.07) is 11.9. The molecule has 0 bridgehead atoms. The second kappa shape index (κ2) is 16.3. The second-order valence-electron chi connectivity index (χ2n) is 12.7. The van der Waals surface area contributed by atoms with Gasteiger partial charge in [0.1, 0.15) is 18.7 Å². The van der Waals surface area contributed by atoms with Gasteiger partial charge in [0, 0.05) is 75.5 Å². The van der Waals surface area contributed by atoms with E-state index in [0.717, 1.165) is 63.1 Å². The average Bonchev–Trinajstić information content (AvgIpc) is 3.06. The standard InChI is InChI=1S/C34H47BrN9O3P/c1-42(2)16-8-11-32(45)38-27-21-28(30(47-3)22-29(27)44-17-12-24(13-18-44)43-19-14-36-15-20-43)40-34-37-23-25(35)33(41-34)39-26-9-6-7-10-31(26)48(4,5)46/h6-11,21-24,36H,12-20H2,1-5H3,(H,38,45)(H2,37,39,40,41)/b11-8+. The number of methoxy groups -OCH3 is 1. The van der Waals surface area contributed by atoms with Crippen LogP contribution in [0.1, 0.15) is 12.8 Å². The smallest absolute Gasteiger partial charge is 0.248 e. The maximum Gasteiger partial charge on any atom is 0.248 e. The highest BCUT2D eigenvalue weighted by Crippen LogP contribution is 2.41. The van der Waals surface area contributed by atoms with Crippen molar-refractivity contribution >= 4 is 68.8 Å². The molecule has 1 aromatic heterocycles. The number of piperidine rings is 1. The van der Waals surface area contributed by atoms with Gasteiger partial charge in [-0.1, -0.05) is 18.2 Å². The number of nitrogens with zero attached hydrogens (tertiary/aromatic N) is 5. The first-order chi connectivity index (χ1) is 23.0. The van der Waals surface area contributed by atoms with Crippen LogP contribution in [0.4, 0.5) is 34.5 Å². The van der Waals surface area contributed by atoms with Gasteiger partial charge in [0.15, 0.2) is 0 Å². The highest BCUT2D eigenvalue weighted by atomic mass is 79.9. The number of hydrogen-bond acceptors (Lipinski definition) is 11. The molecule has 2 aliphatic heterocycles. The lowest BCUT2D eigenvalue weighted by atomic mass is 10.0. The Labute approximate surface area is 292 Å². The molecular formula is C34H47BrN9O3P. The number of carbonyl (C=O) groups excluding carboxylic acids is 1. The summed E-state index contributed by atoms with van der Waals surface area (Å²) in [5.74, 6) is 1.22. The van der Waals surface area contributed by atoms with Gasteiger partial charge in [-0.15, -0.1) is 0 Å². The van der Waals surface area contributed by atoms with E-state index in [9.17, 15) is 9.36 Å². The molecule has 5 rings (SSSR count). The summed E-state index contributed by atoms with van der Waals surface area (Å²) in [5.41, 5.74) is 2.89. The Kier molecular flexibility index (Phi) is 12.1.